The summed E-state index contributed by atoms with van der Waals surface area (Å²) >= 11 is 0. The first kappa shape index (κ1) is 26.5. The van der Waals surface area contributed by atoms with Crippen LogP contribution in [0.15, 0.2) is 84.9 Å². The molecule has 0 bridgehead atoms. The highest BCUT2D eigenvalue weighted by Gasteiger charge is 2.39. The molecule has 0 aromatic heterocycles. The van der Waals surface area contributed by atoms with Gasteiger partial charge in [-0.15, -0.1) is 0 Å². The summed E-state index contributed by atoms with van der Waals surface area (Å²) in [6.45, 7) is 2.73. The molecule has 3 aromatic rings. The Bertz CT molecular complexity index is 1250. The van der Waals surface area contributed by atoms with Gasteiger partial charge in [0, 0.05) is 43.1 Å². The zero-order valence-electron chi connectivity index (χ0n) is 20.3. The minimum absolute atomic E-state index is 0.0471. The number of piperazine rings is 1. The van der Waals surface area contributed by atoms with Gasteiger partial charge >= 0.3 is 18.1 Å². The molecule has 0 radical (unpaired) electrons. The number of rotatable bonds is 5. The van der Waals surface area contributed by atoms with Crippen LogP contribution in [-0.4, -0.2) is 55.1 Å². The molecule has 1 aliphatic heterocycles. The lowest BCUT2D eigenvalue weighted by Gasteiger charge is -2.38. The summed E-state index contributed by atoms with van der Waals surface area (Å²) in [6, 6.07) is 25.1. The second-order valence-corrected chi connectivity index (χ2v) is 8.62. The van der Waals surface area contributed by atoms with Gasteiger partial charge in [-0.05, 0) is 42.0 Å². The van der Waals surface area contributed by atoms with Gasteiger partial charge in [-0.2, -0.15) is 13.2 Å². The van der Waals surface area contributed by atoms with E-state index < -0.39 is 18.0 Å². The summed E-state index contributed by atoms with van der Waals surface area (Å²) in [5.74, 6) is -3.18. The summed E-state index contributed by atoms with van der Waals surface area (Å²) in [7, 11) is 0. The van der Waals surface area contributed by atoms with Gasteiger partial charge < -0.3 is 9.80 Å². The van der Waals surface area contributed by atoms with Crippen molar-refractivity contribution in [1.82, 2.24) is 15.8 Å². The lowest BCUT2D eigenvalue weighted by Crippen LogP contribution is -2.53. The van der Waals surface area contributed by atoms with Crippen molar-refractivity contribution < 1.29 is 27.6 Å². The number of para-hydroxylation sites is 2. The number of nitrogens with zero attached hydrogens (tertiary/aromatic N) is 3. The number of alkyl halides is 3. The highest BCUT2D eigenvalue weighted by molar-refractivity contribution is 5.96. The Kier molecular flexibility index (Phi) is 8.15. The third kappa shape index (κ3) is 6.61. The number of anilines is 2. The fraction of sp³-hybridized carbons (Fsp3) is 0.222. The Morgan fingerprint density at radius 3 is 1.92 bits per heavy atom. The Labute approximate surface area is 217 Å². The van der Waals surface area contributed by atoms with Crippen LogP contribution < -0.4 is 20.7 Å². The smallest absolute Gasteiger partial charge is 0.368 e. The number of benzene rings is 3. The van der Waals surface area contributed by atoms with E-state index in [2.05, 4.69) is 4.90 Å². The molecule has 0 spiro atoms. The molecular weight excluding hydrogens is 499 g/mol. The van der Waals surface area contributed by atoms with E-state index in [9.17, 15) is 27.6 Å². The van der Waals surface area contributed by atoms with Crippen LogP contribution in [0, 0.1) is 0 Å². The van der Waals surface area contributed by atoms with Crippen molar-refractivity contribution in [3.8, 4) is 0 Å². The van der Waals surface area contributed by atoms with Gasteiger partial charge in [0.05, 0.1) is 6.54 Å². The fourth-order valence-electron chi connectivity index (χ4n) is 4.04. The molecule has 3 aromatic carbocycles. The topological polar surface area (TPSA) is 85.0 Å². The summed E-state index contributed by atoms with van der Waals surface area (Å²) in [6.07, 6.45) is -5.11. The van der Waals surface area contributed by atoms with E-state index in [-0.39, 0.29) is 18.1 Å². The average molecular weight is 526 g/mol. The summed E-state index contributed by atoms with van der Waals surface area (Å²) in [4.78, 5) is 42.3. The van der Waals surface area contributed by atoms with Crippen LogP contribution in [0.25, 0.3) is 0 Å². The predicted molar refractivity (Wildman–Crippen MR) is 136 cm³/mol. The Morgan fingerprint density at radius 1 is 0.763 bits per heavy atom. The van der Waals surface area contributed by atoms with Crippen LogP contribution in [0.5, 0.6) is 0 Å². The number of urea groups is 1. The molecule has 1 aliphatic rings. The number of hydrazine groups is 1. The SMILES string of the molecule is O=C(NNC(=O)C(F)(F)F)c1ccc(CN(C(=O)N2CCN(c3ccccc3)CC2)c2ccccc2)cc1. The molecule has 4 rings (SSSR count). The molecule has 1 saturated heterocycles. The zero-order chi connectivity index (χ0) is 27.1. The third-order valence-corrected chi connectivity index (χ3v) is 6.07. The first-order chi connectivity index (χ1) is 18.2. The van der Waals surface area contributed by atoms with Crippen LogP contribution in [0.4, 0.5) is 29.3 Å². The van der Waals surface area contributed by atoms with Crippen molar-refractivity contribution in [2.24, 2.45) is 0 Å². The standard InChI is InChI=1S/C27H26F3N5O3/c28-27(29,30)25(37)32-31-24(36)21-13-11-20(12-14-21)19-35(23-9-5-2-6-10-23)26(38)34-17-15-33(16-18-34)22-7-3-1-4-8-22/h1-14H,15-19H2,(H,31,36)(H,32,37). The molecule has 198 valence electrons. The minimum Gasteiger partial charge on any atom is -0.368 e. The maximum absolute atomic E-state index is 13.6. The number of carbonyl (C=O) groups is 3. The summed E-state index contributed by atoms with van der Waals surface area (Å²) in [5.41, 5.74) is 5.64. The molecule has 11 heteroatoms. The van der Waals surface area contributed by atoms with Crippen LogP contribution in [0.3, 0.4) is 0 Å². The van der Waals surface area contributed by atoms with Crippen molar-refractivity contribution in [3.63, 3.8) is 0 Å². The fourth-order valence-corrected chi connectivity index (χ4v) is 4.04. The molecule has 0 atom stereocenters. The number of hydrogen-bond donors (Lipinski definition) is 2. The molecule has 0 aliphatic carbocycles. The van der Waals surface area contributed by atoms with Gasteiger partial charge in [-0.3, -0.25) is 25.3 Å². The first-order valence-corrected chi connectivity index (χ1v) is 11.9. The molecule has 1 heterocycles. The van der Waals surface area contributed by atoms with Gasteiger partial charge in [0.2, 0.25) is 0 Å². The Morgan fingerprint density at radius 2 is 1.34 bits per heavy atom. The Balaban J connectivity index is 1.42. The number of nitrogens with one attached hydrogen (secondary N) is 2. The van der Waals surface area contributed by atoms with E-state index >= 15 is 0 Å². The highest BCUT2D eigenvalue weighted by atomic mass is 19.4. The second kappa shape index (κ2) is 11.7. The molecule has 1 fully saturated rings. The maximum Gasteiger partial charge on any atom is 0.472 e. The largest absolute Gasteiger partial charge is 0.472 e. The number of halogens is 3. The molecule has 2 N–H and O–H groups in total. The lowest BCUT2D eigenvalue weighted by atomic mass is 10.1. The van der Waals surface area contributed by atoms with E-state index in [4.69, 9.17) is 0 Å². The van der Waals surface area contributed by atoms with E-state index in [0.29, 0.717) is 37.4 Å². The van der Waals surface area contributed by atoms with E-state index in [1.807, 2.05) is 60.7 Å². The quantitative estimate of drug-likeness (QED) is 0.494. The number of carbonyl (C=O) groups excluding carboxylic acids is 3. The van der Waals surface area contributed by atoms with Crippen LogP contribution >= 0.6 is 0 Å². The first-order valence-electron chi connectivity index (χ1n) is 11.9. The minimum atomic E-state index is -5.11. The van der Waals surface area contributed by atoms with Crippen molar-refractivity contribution in [2.75, 3.05) is 36.0 Å². The van der Waals surface area contributed by atoms with Gasteiger partial charge in [0.25, 0.3) is 5.91 Å². The molecule has 4 amide bonds. The second-order valence-electron chi connectivity index (χ2n) is 8.62. The van der Waals surface area contributed by atoms with Crippen molar-refractivity contribution in [3.05, 3.63) is 96.1 Å². The Hall–Kier alpha value is -4.54. The van der Waals surface area contributed by atoms with Crippen molar-refractivity contribution in [1.29, 1.82) is 0 Å². The third-order valence-electron chi connectivity index (χ3n) is 6.07. The number of amides is 4. The van der Waals surface area contributed by atoms with E-state index in [1.54, 1.807) is 27.4 Å². The van der Waals surface area contributed by atoms with Gasteiger partial charge in [0.15, 0.2) is 0 Å². The van der Waals surface area contributed by atoms with Gasteiger partial charge in [-0.1, -0.05) is 48.5 Å². The average Bonchev–Trinajstić information content (AvgIpc) is 2.95. The van der Waals surface area contributed by atoms with E-state index in [0.717, 1.165) is 5.69 Å². The lowest BCUT2D eigenvalue weighted by molar-refractivity contribution is -0.174. The van der Waals surface area contributed by atoms with Crippen LogP contribution in [0.1, 0.15) is 15.9 Å². The highest BCUT2D eigenvalue weighted by Crippen LogP contribution is 2.22. The number of hydrogen-bond acceptors (Lipinski definition) is 4. The molecular formula is C27H26F3N5O3. The van der Waals surface area contributed by atoms with Crippen LogP contribution in [0.2, 0.25) is 0 Å². The normalized spacial score (nSPS) is 13.6. The van der Waals surface area contributed by atoms with E-state index in [1.165, 1.54) is 17.6 Å². The summed E-state index contributed by atoms with van der Waals surface area (Å²) < 4.78 is 36.9. The molecule has 38 heavy (non-hydrogen) atoms. The van der Waals surface area contributed by atoms with Gasteiger partial charge in [-0.25, -0.2) is 4.79 Å². The van der Waals surface area contributed by atoms with Crippen LogP contribution in [-0.2, 0) is 11.3 Å². The molecule has 8 nitrogen and oxygen atoms in total. The predicted octanol–water partition coefficient (Wildman–Crippen LogP) is 3.96. The zero-order valence-corrected chi connectivity index (χ0v) is 20.3. The van der Waals surface area contributed by atoms with Crippen molar-refractivity contribution >= 4 is 29.2 Å². The van der Waals surface area contributed by atoms with Crippen molar-refractivity contribution in [2.45, 2.75) is 12.7 Å². The maximum atomic E-state index is 13.6. The van der Waals surface area contributed by atoms with Gasteiger partial charge in [0.1, 0.15) is 0 Å². The molecule has 0 unspecified atom stereocenters. The monoisotopic (exact) mass is 525 g/mol. The summed E-state index contributed by atoms with van der Waals surface area (Å²) in [5, 5.41) is 0. The molecule has 0 saturated carbocycles.